The van der Waals surface area contributed by atoms with E-state index < -0.39 is 5.79 Å². The van der Waals surface area contributed by atoms with Crippen LogP contribution >= 0.6 is 0 Å². The van der Waals surface area contributed by atoms with E-state index in [1.54, 1.807) is 12.4 Å². The van der Waals surface area contributed by atoms with E-state index in [0.29, 0.717) is 0 Å². The lowest BCUT2D eigenvalue weighted by Gasteiger charge is -2.38. The van der Waals surface area contributed by atoms with Crippen molar-refractivity contribution in [3.8, 4) is 0 Å². The second-order valence-corrected chi connectivity index (χ2v) is 3.99. The molecule has 1 N–H and O–H groups in total. The van der Waals surface area contributed by atoms with Gasteiger partial charge < -0.3 is 0 Å². The number of hydrogen-bond acceptors (Lipinski definition) is 4. The molecule has 0 radical (unpaired) electrons. The molecule has 17 heavy (non-hydrogen) atoms. The van der Waals surface area contributed by atoms with E-state index >= 15 is 0 Å². The summed E-state index contributed by atoms with van der Waals surface area (Å²) in [6.45, 7) is 2.87. The van der Waals surface area contributed by atoms with E-state index in [1.807, 2.05) is 45.1 Å². The van der Waals surface area contributed by atoms with Crippen molar-refractivity contribution in [1.29, 1.82) is 0 Å². The van der Waals surface area contributed by atoms with Crippen molar-refractivity contribution in [1.82, 2.24) is 30.0 Å². The Morgan fingerprint density at radius 2 is 1.76 bits per heavy atom. The lowest BCUT2D eigenvalue weighted by Crippen LogP contribution is -2.55. The molecule has 0 aliphatic carbocycles. The molecule has 6 heteroatoms. The zero-order valence-electron chi connectivity index (χ0n) is 9.56. The van der Waals surface area contributed by atoms with Crippen LogP contribution in [0.5, 0.6) is 0 Å². The number of rotatable bonds is 3. The quantitative estimate of drug-likeness (QED) is 0.838. The summed E-state index contributed by atoms with van der Waals surface area (Å²) in [6, 6.07) is 3.81. The van der Waals surface area contributed by atoms with Gasteiger partial charge in [0.15, 0.2) is 0 Å². The topological polar surface area (TPSA) is 50.9 Å². The first-order valence-corrected chi connectivity index (χ1v) is 5.51. The average molecular weight is 230 g/mol. The molecule has 0 fully saturated rings. The molecule has 2 aromatic rings. The number of aromatic nitrogens is 4. The minimum Gasteiger partial charge on any atom is -0.270 e. The van der Waals surface area contributed by atoms with Gasteiger partial charge in [-0.25, -0.2) is 14.8 Å². The van der Waals surface area contributed by atoms with Gasteiger partial charge in [-0.2, -0.15) is 10.2 Å². The van der Waals surface area contributed by atoms with Crippen LogP contribution in [-0.4, -0.2) is 31.1 Å². The first-order chi connectivity index (χ1) is 8.32. The van der Waals surface area contributed by atoms with E-state index in [-0.39, 0.29) is 0 Å². The van der Waals surface area contributed by atoms with Crippen molar-refractivity contribution >= 4 is 0 Å². The third-order valence-electron chi connectivity index (χ3n) is 2.97. The summed E-state index contributed by atoms with van der Waals surface area (Å²) >= 11 is 0. The van der Waals surface area contributed by atoms with Gasteiger partial charge in [-0.15, -0.1) is 0 Å². The molecular weight excluding hydrogens is 216 g/mol. The summed E-state index contributed by atoms with van der Waals surface area (Å²) < 4.78 is 3.73. The third-order valence-corrected chi connectivity index (χ3v) is 2.97. The Morgan fingerprint density at radius 1 is 1.12 bits per heavy atom. The lowest BCUT2D eigenvalue weighted by molar-refractivity contribution is -0.00519. The molecule has 3 heterocycles. The van der Waals surface area contributed by atoms with E-state index in [9.17, 15) is 0 Å². The Kier molecular flexibility index (Phi) is 2.22. The van der Waals surface area contributed by atoms with Crippen LogP contribution in [0.3, 0.4) is 0 Å². The van der Waals surface area contributed by atoms with Crippen LogP contribution in [-0.2, 0) is 5.79 Å². The van der Waals surface area contributed by atoms with E-state index in [4.69, 9.17) is 0 Å². The predicted octanol–water partition coefficient (Wildman–Crippen LogP) is 0.592. The van der Waals surface area contributed by atoms with Gasteiger partial charge in [0.1, 0.15) is 0 Å². The fraction of sp³-hybridized carbons (Fsp3) is 0.273. The summed E-state index contributed by atoms with van der Waals surface area (Å²) in [4.78, 5) is 0. The van der Waals surface area contributed by atoms with Gasteiger partial charge in [-0.1, -0.05) is 6.08 Å². The standard InChI is InChI=1S/C11H14N6/c1-11(15-8-2-5-12-15,16-9-3-6-13-16)17-10-4-7-14-17/h2-6,8-10,14H,7H2,1H3. The van der Waals surface area contributed by atoms with Gasteiger partial charge in [0.05, 0.1) is 0 Å². The Hall–Kier alpha value is -2.08. The lowest BCUT2D eigenvalue weighted by atomic mass is 10.4. The van der Waals surface area contributed by atoms with Crippen LogP contribution in [0, 0.1) is 0 Å². The molecule has 88 valence electrons. The third kappa shape index (κ3) is 1.45. The number of nitrogens with one attached hydrogen (secondary N) is 1. The van der Waals surface area contributed by atoms with Gasteiger partial charge in [-0.3, -0.25) is 5.01 Å². The van der Waals surface area contributed by atoms with E-state index in [2.05, 4.69) is 28.6 Å². The molecule has 0 aromatic carbocycles. The summed E-state index contributed by atoms with van der Waals surface area (Å²) in [5.41, 5.74) is 3.27. The Morgan fingerprint density at radius 3 is 2.18 bits per heavy atom. The Labute approximate surface area is 99.1 Å². The van der Waals surface area contributed by atoms with Crippen LogP contribution in [0.15, 0.2) is 49.2 Å². The van der Waals surface area contributed by atoms with Crippen molar-refractivity contribution in [2.24, 2.45) is 0 Å². The maximum absolute atomic E-state index is 4.33. The molecule has 1 aliphatic heterocycles. The zero-order chi connectivity index (χ0) is 11.7. The number of hydrogen-bond donors (Lipinski definition) is 1. The van der Waals surface area contributed by atoms with Crippen LogP contribution in [0.4, 0.5) is 0 Å². The Bertz CT molecular complexity index is 464. The van der Waals surface area contributed by atoms with Gasteiger partial charge in [0, 0.05) is 44.5 Å². The normalized spacial score (nSPS) is 15.7. The maximum atomic E-state index is 4.33. The second kappa shape index (κ2) is 3.74. The van der Waals surface area contributed by atoms with E-state index in [0.717, 1.165) is 6.54 Å². The first kappa shape index (κ1) is 10.1. The van der Waals surface area contributed by atoms with Crippen LogP contribution in [0.1, 0.15) is 6.92 Å². The van der Waals surface area contributed by atoms with Crippen LogP contribution in [0.25, 0.3) is 0 Å². The van der Waals surface area contributed by atoms with Crippen molar-refractivity contribution in [3.63, 3.8) is 0 Å². The summed E-state index contributed by atoms with van der Waals surface area (Å²) in [7, 11) is 0. The van der Waals surface area contributed by atoms with Crippen molar-refractivity contribution < 1.29 is 0 Å². The molecular formula is C11H14N6. The molecule has 0 atom stereocenters. The highest BCUT2D eigenvalue weighted by Gasteiger charge is 2.36. The van der Waals surface area contributed by atoms with Gasteiger partial charge in [0.2, 0.25) is 5.79 Å². The molecule has 1 aliphatic rings. The Balaban J connectivity index is 2.10. The molecule has 0 saturated carbocycles. The van der Waals surface area contributed by atoms with Crippen LogP contribution in [0.2, 0.25) is 0 Å². The fourth-order valence-electron chi connectivity index (χ4n) is 2.02. The number of hydrazine groups is 1. The highest BCUT2D eigenvalue weighted by molar-refractivity contribution is 4.99. The molecule has 0 spiro atoms. The van der Waals surface area contributed by atoms with E-state index in [1.165, 1.54) is 0 Å². The van der Waals surface area contributed by atoms with Gasteiger partial charge in [0.25, 0.3) is 0 Å². The molecule has 2 aromatic heterocycles. The van der Waals surface area contributed by atoms with Crippen molar-refractivity contribution in [2.45, 2.75) is 12.7 Å². The zero-order valence-corrected chi connectivity index (χ0v) is 9.56. The van der Waals surface area contributed by atoms with Crippen LogP contribution < -0.4 is 5.43 Å². The molecule has 3 rings (SSSR count). The predicted molar refractivity (Wildman–Crippen MR) is 62.5 cm³/mol. The largest absolute Gasteiger partial charge is 0.270 e. The molecule has 6 nitrogen and oxygen atoms in total. The second-order valence-electron chi connectivity index (χ2n) is 3.99. The molecule has 0 amide bonds. The van der Waals surface area contributed by atoms with Gasteiger partial charge in [-0.05, 0) is 12.1 Å². The molecule has 0 unspecified atom stereocenters. The number of nitrogens with zero attached hydrogens (tertiary/aromatic N) is 5. The first-order valence-electron chi connectivity index (χ1n) is 5.51. The fourth-order valence-corrected chi connectivity index (χ4v) is 2.02. The minimum absolute atomic E-state index is 0.528. The van der Waals surface area contributed by atoms with Crippen molar-refractivity contribution in [2.75, 3.05) is 6.54 Å². The highest BCUT2D eigenvalue weighted by atomic mass is 15.7. The summed E-state index contributed by atoms with van der Waals surface area (Å²) in [5, 5.41) is 10.7. The highest BCUT2D eigenvalue weighted by Crippen LogP contribution is 2.22. The SMILES string of the molecule is CC(N1C=CCN1)(n1cccn1)n1cccn1. The monoisotopic (exact) mass is 230 g/mol. The average Bonchev–Trinajstić information content (AvgIpc) is 3.10. The smallest absolute Gasteiger partial charge is 0.240 e. The molecule has 0 saturated heterocycles. The maximum Gasteiger partial charge on any atom is 0.240 e. The summed E-state index contributed by atoms with van der Waals surface area (Å²) in [5.74, 6) is -0.528. The van der Waals surface area contributed by atoms with Gasteiger partial charge >= 0.3 is 0 Å². The van der Waals surface area contributed by atoms with Crippen molar-refractivity contribution in [3.05, 3.63) is 49.2 Å². The molecule has 0 bridgehead atoms. The minimum atomic E-state index is -0.528. The summed E-state index contributed by atoms with van der Waals surface area (Å²) in [6.07, 6.45) is 11.4.